The van der Waals surface area contributed by atoms with Crippen LogP contribution < -0.4 is 5.56 Å². The Hall–Kier alpha value is -3.89. The van der Waals surface area contributed by atoms with E-state index >= 15 is 0 Å². The van der Waals surface area contributed by atoms with Gasteiger partial charge >= 0.3 is 12.1 Å². The normalized spacial score (nSPS) is 11.9. The molecule has 0 unspecified atom stereocenters. The summed E-state index contributed by atoms with van der Waals surface area (Å²) in [6, 6.07) is 7.39. The van der Waals surface area contributed by atoms with Gasteiger partial charge in [-0.25, -0.2) is 9.48 Å². The smallest absolute Gasteiger partial charge is 0.416 e. The number of aromatic amines is 1. The third-order valence-electron chi connectivity index (χ3n) is 3.97. The Labute approximate surface area is 160 Å². The van der Waals surface area contributed by atoms with E-state index < -0.39 is 29.0 Å². The number of hydrogen-bond acceptors (Lipinski definition) is 5. The summed E-state index contributed by atoms with van der Waals surface area (Å²) in [6.07, 6.45) is -4.49. The number of aromatic hydroxyl groups is 1. The first-order chi connectivity index (χ1) is 13.6. The Bertz CT molecular complexity index is 1160. The fourth-order valence-corrected chi connectivity index (χ4v) is 2.48. The van der Waals surface area contributed by atoms with Crippen molar-refractivity contribution in [2.45, 2.75) is 13.1 Å². The second kappa shape index (κ2) is 7.26. The summed E-state index contributed by atoms with van der Waals surface area (Å²) >= 11 is 0. The van der Waals surface area contributed by atoms with Gasteiger partial charge in [0.2, 0.25) is 0 Å². The van der Waals surface area contributed by atoms with Crippen molar-refractivity contribution in [2.75, 3.05) is 0 Å². The highest BCUT2D eigenvalue weighted by atomic mass is 19.4. The molecule has 0 atom stereocenters. The third kappa shape index (κ3) is 4.03. The number of hydrogen-bond donors (Lipinski definition) is 3. The van der Waals surface area contributed by atoms with E-state index in [4.69, 9.17) is 5.11 Å². The number of aryl methyl sites for hydroxylation is 1. The molecular weight excluding hydrogens is 393 g/mol. The van der Waals surface area contributed by atoms with Gasteiger partial charge < -0.3 is 10.2 Å². The Balaban J connectivity index is 1.93. The lowest BCUT2D eigenvalue weighted by atomic mass is 10.2. The summed E-state index contributed by atoms with van der Waals surface area (Å²) in [5, 5.41) is 28.9. The fraction of sp³-hybridized carbons (Fsp3) is 0.111. The zero-order valence-electron chi connectivity index (χ0n) is 14.7. The number of phenols is 1. The highest BCUT2D eigenvalue weighted by Crippen LogP contribution is 2.30. The number of rotatable bonds is 4. The van der Waals surface area contributed by atoms with E-state index in [0.29, 0.717) is 5.69 Å². The van der Waals surface area contributed by atoms with Crippen molar-refractivity contribution in [3.63, 3.8) is 0 Å². The summed E-state index contributed by atoms with van der Waals surface area (Å²) in [4.78, 5) is 23.4. The van der Waals surface area contributed by atoms with Crippen LogP contribution in [0.5, 0.6) is 5.75 Å². The zero-order chi connectivity index (χ0) is 21.3. The lowest BCUT2D eigenvalue weighted by molar-refractivity contribution is -0.137. The molecule has 0 saturated heterocycles. The zero-order valence-corrected chi connectivity index (χ0v) is 14.7. The van der Waals surface area contributed by atoms with Gasteiger partial charge in [-0.05, 0) is 49.4 Å². The number of aromatic carboxylic acids is 1. The Morgan fingerprint density at radius 2 is 1.76 bits per heavy atom. The standard InChI is InChI=1S/C18H13F3N4O4/c1-9-15(23-22-13-7-2-10(17(28)29)8-14(13)26)16(27)25(24-9)12-5-3-11(4-6-12)18(19,20)21/h2-8,24,26H,1H3,(H,28,29). The first-order valence-corrected chi connectivity index (χ1v) is 8.05. The molecule has 3 rings (SSSR count). The molecule has 0 aliphatic rings. The van der Waals surface area contributed by atoms with Crippen LogP contribution in [-0.4, -0.2) is 26.0 Å². The van der Waals surface area contributed by atoms with Crippen molar-refractivity contribution < 1.29 is 28.2 Å². The number of H-pyrrole nitrogens is 1. The molecule has 8 nitrogen and oxygen atoms in total. The van der Waals surface area contributed by atoms with E-state index in [1.807, 2.05) is 0 Å². The van der Waals surface area contributed by atoms with Crippen LogP contribution in [0.2, 0.25) is 0 Å². The Morgan fingerprint density at radius 3 is 2.31 bits per heavy atom. The minimum atomic E-state index is -4.49. The largest absolute Gasteiger partial charge is 0.506 e. The van der Waals surface area contributed by atoms with Gasteiger partial charge in [0.1, 0.15) is 11.4 Å². The number of carboxylic acids is 1. The van der Waals surface area contributed by atoms with Crippen molar-refractivity contribution in [3.8, 4) is 11.4 Å². The van der Waals surface area contributed by atoms with E-state index in [-0.39, 0.29) is 22.6 Å². The fourth-order valence-electron chi connectivity index (χ4n) is 2.48. The Kier molecular flexibility index (Phi) is 4.97. The molecule has 0 radical (unpaired) electrons. The van der Waals surface area contributed by atoms with Crippen molar-refractivity contribution in [1.82, 2.24) is 9.78 Å². The molecule has 2 aromatic carbocycles. The molecule has 1 aromatic heterocycles. The number of carbonyl (C=O) groups is 1. The van der Waals surface area contributed by atoms with Crippen LogP contribution in [0, 0.1) is 6.92 Å². The maximum Gasteiger partial charge on any atom is 0.416 e. The van der Waals surface area contributed by atoms with Crippen molar-refractivity contribution in [1.29, 1.82) is 0 Å². The predicted octanol–water partition coefficient (Wildman–Crippen LogP) is 4.31. The lowest BCUT2D eigenvalue weighted by Crippen LogP contribution is -2.14. The second-order valence-electron chi connectivity index (χ2n) is 5.98. The second-order valence-corrected chi connectivity index (χ2v) is 5.98. The molecule has 0 spiro atoms. The van der Waals surface area contributed by atoms with Gasteiger partial charge in [-0.1, -0.05) is 0 Å². The van der Waals surface area contributed by atoms with Gasteiger partial charge in [-0.15, -0.1) is 10.2 Å². The Morgan fingerprint density at radius 1 is 1.10 bits per heavy atom. The third-order valence-corrected chi connectivity index (χ3v) is 3.97. The highest BCUT2D eigenvalue weighted by molar-refractivity contribution is 5.88. The summed E-state index contributed by atoms with van der Waals surface area (Å²) in [7, 11) is 0. The monoisotopic (exact) mass is 406 g/mol. The molecule has 150 valence electrons. The number of phenolic OH excluding ortho intramolecular Hbond substituents is 1. The van der Waals surface area contributed by atoms with Gasteiger partial charge in [0.15, 0.2) is 5.69 Å². The molecule has 0 amide bonds. The average Bonchev–Trinajstić information content (AvgIpc) is 2.94. The van der Waals surface area contributed by atoms with Crippen molar-refractivity contribution >= 4 is 17.3 Å². The van der Waals surface area contributed by atoms with E-state index in [1.165, 1.54) is 19.1 Å². The average molecular weight is 406 g/mol. The van der Waals surface area contributed by atoms with E-state index in [1.54, 1.807) is 0 Å². The molecule has 0 saturated carbocycles. The summed E-state index contributed by atoms with van der Waals surface area (Å²) in [5.41, 5.74) is -1.38. The van der Waals surface area contributed by atoms with Crippen LogP contribution in [0.3, 0.4) is 0 Å². The van der Waals surface area contributed by atoms with Crippen LogP contribution in [0.25, 0.3) is 5.69 Å². The number of halogens is 3. The molecule has 1 heterocycles. The number of alkyl halides is 3. The number of benzene rings is 2. The quantitative estimate of drug-likeness (QED) is 0.559. The molecule has 0 bridgehead atoms. The molecule has 11 heteroatoms. The maximum absolute atomic E-state index is 12.7. The van der Waals surface area contributed by atoms with Gasteiger partial charge in [-0.3, -0.25) is 9.89 Å². The predicted molar refractivity (Wildman–Crippen MR) is 95.4 cm³/mol. The number of aromatic nitrogens is 2. The minimum absolute atomic E-state index is 0.0592. The van der Waals surface area contributed by atoms with Gasteiger partial charge in [0, 0.05) is 0 Å². The molecule has 3 N–H and O–H groups in total. The van der Waals surface area contributed by atoms with Crippen LogP contribution in [0.15, 0.2) is 57.5 Å². The van der Waals surface area contributed by atoms with Crippen LogP contribution in [-0.2, 0) is 6.18 Å². The summed E-state index contributed by atoms with van der Waals surface area (Å²) < 4.78 is 39.0. The molecule has 0 fully saturated rings. The number of azo groups is 1. The molecule has 0 aliphatic carbocycles. The molecular formula is C18H13F3N4O4. The van der Waals surface area contributed by atoms with Crippen LogP contribution in [0.1, 0.15) is 21.6 Å². The number of nitrogens with one attached hydrogen (secondary N) is 1. The number of nitrogens with zero attached hydrogens (tertiary/aromatic N) is 3. The van der Waals surface area contributed by atoms with Gasteiger partial charge in [0.25, 0.3) is 5.56 Å². The summed E-state index contributed by atoms with van der Waals surface area (Å²) in [6.45, 7) is 1.52. The first-order valence-electron chi connectivity index (χ1n) is 8.05. The van der Waals surface area contributed by atoms with Crippen molar-refractivity contribution in [2.24, 2.45) is 10.2 Å². The summed E-state index contributed by atoms with van der Waals surface area (Å²) in [5.74, 6) is -1.67. The van der Waals surface area contributed by atoms with Gasteiger partial charge in [-0.2, -0.15) is 13.2 Å². The molecule has 3 aromatic rings. The van der Waals surface area contributed by atoms with Gasteiger partial charge in [0.05, 0.1) is 22.5 Å². The van der Waals surface area contributed by atoms with Crippen LogP contribution in [0.4, 0.5) is 24.5 Å². The van der Waals surface area contributed by atoms with Crippen molar-refractivity contribution in [3.05, 3.63) is 69.6 Å². The SMILES string of the molecule is Cc1[nH]n(-c2ccc(C(F)(F)F)cc2)c(=O)c1N=Nc1ccc(C(=O)O)cc1O. The van der Waals surface area contributed by atoms with Crippen LogP contribution >= 0.6 is 0 Å². The van der Waals surface area contributed by atoms with E-state index in [9.17, 15) is 27.9 Å². The minimum Gasteiger partial charge on any atom is -0.506 e. The van der Waals surface area contributed by atoms with E-state index in [0.717, 1.165) is 35.0 Å². The highest BCUT2D eigenvalue weighted by Gasteiger charge is 2.30. The lowest BCUT2D eigenvalue weighted by Gasteiger charge is -2.07. The molecule has 29 heavy (non-hydrogen) atoms. The number of carboxylic acid groups (broad SMARTS) is 1. The topological polar surface area (TPSA) is 120 Å². The first kappa shape index (κ1) is 19.9. The van der Waals surface area contributed by atoms with E-state index in [2.05, 4.69) is 15.3 Å². The molecule has 0 aliphatic heterocycles. The maximum atomic E-state index is 12.7.